The van der Waals surface area contributed by atoms with Crippen LogP contribution in [0.1, 0.15) is 12.5 Å². The normalized spacial score (nSPS) is 11.1. The van der Waals surface area contributed by atoms with Gasteiger partial charge in [-0.2, -0.15) is 0 Å². The molecule has 0 saturated heterocycles. The minimum Gasteiger partial charge on any atom is -0.494 e. The lowest BCUT2D eigenvalue weighted by Crippen LogP contribution is -2.13. The van der Waals surface area contributed by atoms with Crippen LogP contribution in [-0.4, -0.2) is 15.0 Å². The lowest BCUT2D eigenvalue weighted by atomic mass is 10.2. The molecular formula is C15H18N2O3S. The topological polar surface area (TPSA) is 81.4 Å². The first kappa shape index (κ1) is 15.3. The largest absolute Gasteiger partial charge is 0.494 e. The van der Waals surface area contributed by atoms with Crippen LogP contribution >= 0.6 is 0 Å². The number of nitrogens with two attached hydrogens (primary N) is 1. The molecule has 6 heteroatoms. The molecule has 0 bridgehead atoms. The van der Waals surface area contributed by atoms with Gasteiger partial charge in [-0.1, -0.05) is 18.2 Å². The van der Waals surface area contributed by atoms with Gasteiger partial charge in [0, 0.05) is 12.6 Å². The highest BCUT2D eigenvalue weighted by Gasteiger charge is 2.14. The molecule has 5 nitrogen and oxygen atoms in total. The third kappa shape index (κ3) is 3.96. The molecule has 0 fully saturated rings. The Labute approximate surface area is 124 Å². The number of benzene rings is 2. The maximum atomic E-state index is 12.3. The monoisotopic (exact) mass is 306 g/mol. The summed E-state index contributed by atoms with van der Waals surface area (Å²) in [6, 6.07) is 13.3. The molecule has 3 N–H and O–H groups in total. The van der Waals surface area contributed by atoms with Gasteiger partial charge in [-0.25, -0.2) is 8.42 Å². The molecule has 0 atom stereocenters. The summed E-state index contributed by atoms with van der Waals surface area (Å²) in [5, 5.41) is 0. The van der Waals surface area contributed by atoms with E-state index in [1.54, 1.807) is 36.4 Å². The molecule has 0 heterocycles. The van der Waals surface area contributed by atoms with Gasteiger partial charge in [0.2, 0.25) is 0 Å². The van der Waals surface area contributed by atoms with Crippen molar-refractivity contribution < 1.29 is 13.2 Å². The van der Waals surface area contributed by atoms with Gasteiger partial charge in [0.25, 0.3) is 10.0 Å². The number of sulfonamides is 1. The maximum Gasteiger partial charge on any atom is 0.261 e. The van der Waals surface area contributed by atoms with Crippen molar-refractivity contribution in [2.45, 2.75) is 18.4 Å². The zero-order chi connectivity index (χ0) is 15.3. The molecule has 2 aromatic rings. The summed E-state index contributed by atoms with van der Waals surface area (Å²) in [6.45, 7) is 2.77. The Morgan fingerprint density at radius 1 is 1.14 bits per heavy atom. The average molecular weight is 306 g/mol. The highest BCUT2D eigenvalue weighted by atomic mass is 32.2. The predicted molar refractivity (Wildman–Crippen MR) is 82.8 cm³/mol. The van der Waals surface area contributed by atoms with Crippen molar-refractivity contribution in [2.75, 3.05) is 11.3 Å². The number of ether oxygens (including phenoxy) is 1. The summed E-state index contributed by atoms with van der Waals surface area (Å²) < 4.78 is 32.5. The van der Waals surface area contributed by atoms with Crippen LogP contribution in [0.5, 0.6) is 5.75 Å². The van der Waals surface area contributed by atoms with Crippen LogP contribution in [0.15, 0.2) is 53.4 Å². The molecule has 0 aliphatic heterocycles. The van der Waals surface area contributed by atoms with Crippen molar-refractivity contribution in [3.8, 4) is 5.75 Å². The molecule has 0 radical (unpaired) electrons. The van der Waals surface area contributed by atoms with Gasteiger partial charge in [0.15, 0.2) is 0 Å². The summed E-state index contributed by atoms with van der Waals surface area (Å²) in [4.78, 5) is 0.196. The Hall–Kier alpha value is -2.05. The van der Waals surface area contributed by atoms with E-state index in [4.69, 9.17) is 10.5 Å². The summed E-state index contributed by atoms with van der Waals surface area (Å²) >= 11 is 0. The lowest BCUT2D eigenvalue weighted by Gasteiger charge is -2.10. The standard InChI is InChI=1S/C15H18N2O3S/c1-2-20-14-5-3-4-13(10-14)17-21(18,19)15-8-6-12(11-16)7-9-15/h3-10,17H,2,11,16H2,1H3. The van der Waals surface area contributed by atoms with Gasteiger partial charge in [0.1, 0.15) is 5.75 Å². The van der Waals surface area contributed by atoms with Crippen molar-refractivity contribution in [1.82, 2.24) is 0 Å². The molecule has 0 aliphatic carbocycles. The second-order valence-corrected chi connectivity index (χ2v) is 6.10. The fourth-order valence-electron chi connectivity index (χ4n) is 1.83. The zero-order valence-electron chi connectivity index (χ0n) is 11.7. The van der Waals surface area contributed by atoms with E-state index in [0.29, 0.717) is 24.6 Å². The average Bonchev–Trinajstić information content (AvgIpc) is 2.47. The van der Waals surface area contributed by atoms with Crippen LogP contribution in [0, 0.1) is 0 Å². The molecule has 0 amide bonds. The number of hydrogen-bond donors (Lipinski definition) is 2. The Balaban J connectivity index is 2.21. The van der Waals surface area contributed by atoms with Gasteiger partial charge in [0.05, 0.1) is 17.2 Å². The molecule has 0 spiro atoms. The second kappa shape index (κ2) is 6.60. The van der Waals surface area contributed by atoms with Crippen molar-refractivity contribution in [3.05, 3.63) is 54.1 Å². The number of rotatable bonds is 6. The van der Waals surface area contributed by atoms with E-state index < -0.39 is 10.0 Å². The van der Waals surface area contributed by atoms with Gasteiger partial charge < -0.3 is 10.5 Å². The van der Waals surface area contributed by atoms with E-state index in [1.807, 2.05) is 6.92 Å². The molecule has 0 aliphatic rings. The fourth-order valence-corrected chi connectivity index (χ4v) is 2.88. The summed E-state index contributed by atoms with van der Waals surface area (Å²) in [6.07, 6.45) is 0. The minimum atomic E-state index is -3.62. The summed E-state index contributed by atoms with van der Waals surface area (Å²) in [5.74, 6) is 0.621. The quantitative estimate of drug-likeness (QED) is 0.858. The Morgan fingerprint density at radius 2 is 1.86 bits per heavy atom. The number of anilines is 1. The van der Waals surface area contributed by atoms with Gasteiger partial charge in [-0.15, -0.1) is 0 Å². The van der Waals surface area contributed by atoms with Crippen LogP contribution in [-0.2, 0) is 16.6 Å². The van der Waals surface area contributed by atoms with Crippen LogP contribution in [0.3, 0.4) is 0 Å². The second-order valence-electron chi connectivity index (χ2n) is 4.41. The molecule has 2 aromatic carbocycles. The SMILES string of the molecule is CCOc1cccc(NS(=O)(=O)c2ccc(CN)cc2)c1. The van der Waals surface area contributed by atoms with E-state index in [9.17, 15) is 8.42 Å². The number of hydrogen-bond acceptors (Lipinski definition) is 4. The first-order valence-electron chi connectivity index (χ1n) is 6.60. The molecule has 21 heavy (non-hydrogen) atoms. The van der Waals surface area contributed by atoms with E-state index in [1.165, 1.54) is 12.1 Å². The van der Waals surface area contributed by atoms with E-state index in [-0.39, 0.29) is 4.90 Å². The first-order valence-corrected chi connectivity index (χ1v) is 8.08. The molecule has 0 unspecified atom stereocenters. The van der Waals surface area contributed by atoms with Crippen molar-refractivity contribution >= 4 is 15.7 Å². The zero-order valence-corrected chi connectivity index (χ0v) is 12.6. The van der Waals surface area contributed by atoms with Crippen LogP contribution in [0.2, 0.25) is 0 Å². The van der Waals surface area contributed by atoms with E-state index in [2.05, 4.69) is 4.72 Å². The Kier molecular flexibility index (Phi) is 4.82. The van der Waals surface area contributed by atoms with Crippen LogP contribution in [0.4, 0.5) is 5.69 Å². The van der Waals surface area contributed by atoms with Gasteiger partial charge in [-0.05, 0) is 36.8 Å². The Bertz CT molecular complexity index is 697. The highest BCUT2D eigenvalue weighted by molar-refractivity contribution is 7.92. The van der Waals surface area contributed by atoms with Crippen LogP contribution in [0.25, 0.3) is 0 Å². The third-order valence-corrected chi connectivity index (χ3v) is 4.26. The fraction of sp³-hybridized carbons (Fsp3) is 0.200. The molecular weight excluding hydrogens is 288 g/mol. The molecule has 0 aromatic heterocycles. The van der Waals surface area contributed by atoms with Crippen molar-refractivity contribution in [2.24, 2.45) is 5.73 Å². The summed E-state index contributed by atoms with van der Waals surface area (Å²) in [5.41, 5.74) is 6.84. The third-order valence-electron chi connectivity index (χ3n) is 2.87. The van der Waals surface area contributed by atoms with Crippen molar-refractivity contribution in [3.63, 3.8) is 0 Å². The highest BCUT2D eigenvalue weighted by Crippen LogP contribution is 2.21. The lowest BCUT2D eigenvalue weighted by molar-refractivity contribution is 0.340. The maximum absolute atomic E-state index is 12.3. The van der Waals surface area contributed by atoms with Gasteiger partial charge in [-0.3, -0.25) is 4.72 Å². The van der Waals surface area contributed by atoms with E-state index >= 15 is 0 Å². The van der Waals surface area contributed by atoms with Crippen LogP contribution < -0.4 is 15.2 Å². The molecule has 112 valence electrons. The first-order chi connectivity index (χ1) is 10.0. The number of nitrogens with one attached hydrogen (secondary N) is 1. The molecule has 2 rings (SSSR count). The van der Waals surface area contributed by atoms with Crippen molar-refractivity contribution in [1.29, 1.82) is 0 Å². The summed E-state index contributed by atoms with van der Waals surface area (Å²) in [7, 11) is -3.62. The predicted octanol–water partition coefficient (Wildman–Crippen LogP) is 2.34. The van der Waals surface area contributed by atoms with Gasteiger partial charge >= 0.3 is 0 Å². The smallest absolute Gasteiger partial charge is 0.261 e. The Morgan fingerprint density at radius 3 is 2.48 bits per heavy atom. The molecule has 0 saturated carbocycles. The minimum absolute atomic E-state index is 0.196. The van der Waals surface area contributed by atoms with E-state index in [0.717, 1.165) is 5.56 Å².